The van der Waals surface area contributed by atoms with Crippen LogP contribution in [-0.4, -0.2) is 18.5 Å². The van der Waals surface area contributed by atoms with E-state index in [4.69, 9.17) is 10.00 Å². The van der Waals surface area contributed by atoms with Crippen LogP contribution in [0.4, 0.5) is 5.69 Å². The van der Waals surface area contributed by atoms with Gasteiger partial charge in [0.15, 0.2) is 6.61 Å². The predicted molar refractivity (Wildman–Crippen MR) is 91.3 cm³/mol. The number of rotatable bonds is 4. The van der Waals surface area contributed by atoms with E-state index in [-0.39, 0.29) is 18.5 Å². The van der Waals surface area contributed by atoms with E-state index >= 15 is 0 Å². The molecule has 0 unspecified atom stereocenters. The fourth-order valence-corrected chi connectivity index (χ4v) is 5.42. The summed E-state index contributed by atoms with van der Waals surface area (Å²) in [5.74, 6) is 1.87. The van der Waals surface area contributed by atoms with E-state index in [1.54, 1.807) is 24.3 Å². The van der Waals surface area contributed by atoms with Crippen LogP contribution in [0.3, 0.4) is 0 Å². The van der Waals surface area contributed by atoms with Crippen LogP contribution in [0, 0.1) is 40.9 Å². The summed E-state index contributed by atoms with van der Waals surface area (Å²) in [6.45, 7) is -0.290. The van der Waals surface area contributed by atoms with Crippen molar-refractivity contribution in [2.45, 2.75) is 32.1 Å². The summed E-state index contributed by atoms with van der Waals surface area (Å²) in [5.41, 5.74) is 0.837. The molecule has 0 aromatic heterocycles. The van der Waals surface area contributed by atoms with E-state index < -0.39 is 5.91 Å². The number of carbonyl (C=O) groups excluding carboxylic acids is 2. The molecule has 5 heteroatoms. The summed E-state index contributed by atoms with van der Waals surface area (Å²) in [7, 11) is 0. The lowest BCUT2D eigenvalue weighted by Crippen LogP contribution is -2.48. The normalized spacial score (nSPS) is 32.0. The molecule has 1 aromatic carbocycles. The molecule has 4 aliphatic carbocycles. The van der Waals surface area contributed by atoms with E-state index in [1.807, 2.05) is 6.07 Å². The van der Waals surface area contributed by atoms with Crippen LogP contribution in [-0.2, 0) is 14.3 Å². The molecule has 0 saturated heterocycles. The van der Waals surface area contributed by atoms with Gasteiger partial charge in [-0.3, -0.25) is 9.59 Å². The molecule has 25 heavy (non-hydrogen) atoms. The molecule has 1 N–H and O–H groups in total. The van der Waals surface area contributed by atoms with Crippen LogP contribution in [0.25, 0.3) is 0 Å². The molecule has 0 spiro atoms. The Hall–Kier alpha value is -2.35. The molecule has 4 fully saturated rings. The van der Waals surface area contributed by atoms with E-state index in [0.717, 1.165) is 37.5 Å². The average Bonchev–Trinajstić information content (AvgIpc) is 2.59. The number of para-hydroxylation sites is 1. The predicted octanol–water partition coefficient (Wildman–Crippen LogP) is 3.11. The number of hydrogen-bond acceptors (Lipinski definition) is 4. The number of esters is 1. The highest BCUT2D eigenvalue weighted by molar-refractivity contribution is 5.94. The lowest BCUT2D eigenvalue weighted by Gasteiger charge is -2.53. The zero-order valence-electron chi connectivity index (χ0n) is 14.1. The topological polar surface area (TPSA) is 79.2 Å². The minimum atomic E-state index is -0.403. The van der Waals surface area contributed by atoms with Gasteiger partial charge in [0.2, 0.25) is 0 Å². The van der Waals surface area contributed by atoms with Crippen LogP contribution in [0.5, 0.6) is 0 Å². The molecule has 0 radical (unpaired) electrons. The zero-order valence-corrected chi connectivity index (χ0v) is 14.1. The molecule has 0 aliphatic heterocycles. The molecule has 0 atom stereocenters. The Morgan fingerprint density at radius 3 is 2.36 bits per heavy atom. The number of anilines is 1. The average molecular weight is 338 g/mol. The van der Waals surface area contributed by atoms with Crippen molar-refractivity contribution < 1.29 is 14.3 Å². The van der Waals surface area contributed by atoms with Crippen molar-refractivity contribution in [3.8, 4) is 6.07 Å². The maximum atomic E-state index is 12.6. The fourth-order valence-electron chi connectivity index (χ4n) is 5.42. The van der Waals surface area contributed by atoms with E-state index in [2.05, 4.69) is 5.32 Å². The maximum Gasteiger partial charge on any atom is 0.310 e. The Bertz CT molecular complexity index is 709. The van der Waals surface area contributed by atoms with Crippen LogP contribution in [0.1, 0.15) is 37.7 Å². The second-order valence-corrected chi connectivity index (χ2v) is 7.77. The van der Waals surface area contributed by atoms with Crippen molar-refractivity contribution >= 4 is 17.6 Å². The Kier molecular flexibility index (Phi) is 4.20. The standard InChI is InChI=1S/C20H22N2O3/c21-10-14-3-1-2-4-17(14)22-18(23)11-25-20(24)19-15-6-12-5-13(8-15)9-16(19)7-12/h1-4,12-13,15-16,19H,5-9,11H2,(H,22,23). The molecular weight excluding hydrogens is 316 g/mol. The smallest absolute Gasteiger partial charge is 0.310 e. The third-order valence-corrected chi connectivity index (χ3v) is 6.17. The van der Waals surface area contributed by atoms with Gasteiger partial charge in [-0.15, -0.1) is 0 Å². The second-order valence-electron chi connectivity index (χ2n) is 7.77. The molecule has 0 heterocycles. The van der Waals surface area contributed by atoms with Gasteiger partial charge in [-0.05, 0) is 67.9 Å². The summed E-state index contributed by atoms with van der Waals surface area (Å²) >= 11 is 0. The molecule has 4 bridgehead atoms. The van der Waals surface area contributed by atoms with E-state index in [0.29, 0.717) is 23.1 Å². The first kappa shape index (κ1) is 16.1. The third kappa shape index (κ3) is 3.13. The number of amides is 1. The zero-order chi connectivity index (χ0) is 17.4. The van der Waals surface area contributed by atoms with Crippen molar-refractivity contribution in [3.63, 3.8) is 0 Å². The van der Waals surface area contributed by atoms with Gasteiger partial charge >= 0.3 is 5.97 Å². The maximum absolute atomic E-state index is 12.6. The van der Waals surface area contributed by atoms with E-state index in [9.17, 15) is 9.59 Å². The Labute approximate surface area is 147 Å². The van der Waals surface area contributed by atoms with Crippen molar-refractivity contribution in [1.29, 1.82) is 5.26 Å². The Morgan fingerprint density at radius 2 is 1.72 bits per heavy atom. The molecule has 5 rings (SSSR count). The highest BCUT2D eigenvalue weighted by Gasteiger charge is 2.51. The molecule has 130 valence electrons. The van der Waals surface area contributed by atoms with Crippen molar-refractivity contribution in [2.24, 2.45) is 29.6 Å². The van der Waals surface area contributed by atoms with Crippen LogP contribution in [0.15, 0.2) is 24.3 Å². The highest BCUT2D eigenvalue weighted by atomic mass is 16.5. The first-order valence-electron chi connectivity index (χ1n) is 9.09. The Balaban J connectivity index is 1.33. The number of hydrogen-bond donors (Lipinski definition) is 1. The lowest BCUT2D eigenvalue weighted by atomic mass is 9.52. The summed E-state index contributed by atoms with van der Waals surface area (Å²) in [6.07, 6.45) is 5.93. The van der Waals surface area contributed by atoms with Gasteiger partial charge in [0.1, 0.15) is 6.07 Å². The lowest BCUT2D eigenvalue weighted by molar-refractivity contribution is -0.164. The van der Waals surface area contributed by atoms with Gasteiger partial charge in [0.25, 0.3) is 5.91 Å². The monoisotopic (exact) mass is 338 g/mol. The summed E-state index contributed by atoms with van der Waals surface area (Å²) in [4.78, 5) is 24.6. The molecule has 5 nitrogen and oxygen atoms in total. The Morgan fingerprint density at radius 1 is 1.08 bits per heavy atom. The minimum Gasteiger partial charge on any atom is -0.455 e. The van der Waals surface area contributed by atoms with Gasteiger partial charge < -0.3 is 10.1 Å². The summed E-state index contributed by atoms with van der Waals surface area (Å²) in [6, 6.07) is 8.81. The molecular formula is C20H22N2O3. The van der Waals surface area contributed by atoms with Crippen LogP contribution < -0.4 is 5.32 Å². The fraction of sp³-hybridized carbons (Fsp3) is 0.550. The number of benzene rings is 1. The number of nitrogens with one attached hydrogen (secondary N) is 1. The largest absolute Gasteiger partial charge is 0.455 e. The summed E-state index contributed by atoms with van der Waals surface area (Å²) < 4.78 is 5.34. The number of nitrogens with zero attached hydrogens (tertiary/aromatic N) is 1. The van der Waals surface area contributed by atoms with Crippen LogP contribution in [0.2, 0.25) is 0 Å². The third-order valence-electron chi connectivity index (χ3n) is 6.17. The molecule has 1 aromatic rings. The van der Waals surface area contributed by atoms with Crippen LogP contribution >= 0.6 is 0 Å². The summed E-state index contributed by atoms with van der Waals surface area (Å²) in [5, 5.41) is 11.7. The number of nitriles is 1. The minimum absolute atomic E-state index is 0.0213. The molecule has 4 aliphatic rings. The van der Waals surface area contributed by atoms with Crippen molar-refractivity contribution in [3.05, 3.63) is 29.8 Å². The first-order chi connectivity index (χ1) is 12.1. The number of carbonyl (C=O) groups is 2. The first-order valence-corrected chi connectivity index (χ1v) is 9.09. The molecule has 4 saturated carbocycles. The molecule has 1 amide bonds. The van der Waals surface area contributed by atoms with E-state index in [1.165, 1.54) is 6.42 Å². The van der Waals surface area contributed by atoms with Crippen molar-refractivity contribution in [1.82, 2.24) is 0 Å². The quantitative estimate of drug-likeness (QED) is 0.856. The van der Waals surface area contributed by atoms with Gasteiger partial charge in [-0.2, -0.15) is 5.26 Å². The van der Waals surface area contributed by atoms with Gasteiger partial charge in [-0.1, -0.05) is 12.1 Å². The highest BCUT2D eigenvalue weighted by Crippen LogP contribution is 2.56. The van der Waals surface area contributed by atoms with Gasteiger partial charge in [0.05, 0.1) is 17.2 Å². The number of ether oxygens (including phenoxy) is 1. The SMILES string of the molecule is N#Cc1ccccc1NC(=O)COC(=O)C1C2CC3CC(C2)CC1C3. The van der Waals surface area contributed by atoms with Crippen molar-refractivity contribution in [2.75, 3.05) is 11.9 Å². The van der Waals surface area contributed by atoms with Gasteiger partial charge in [-0.25, -0.2) is 0 Å². The second kappa shape index (κ2) is 6.51. The van der Waals surface area contributed by atoms with Gasteiger partial charge in [0, 0.05) is 0 Å².